The third-order valence-electron chi connectivity index (χ3n) is 11.2. The van der Waals surface area contributed by atoms with Crippen molar-refractivity contribution in [3.63, 3.8) is 0 Å². The van der Waals surface area contributed by atoms with Gasteiger partial charge in [-0.05, 0) is 57.2 Å². The molecular formula is C51H38N4. The summed E-state index contributed by atoms with van der Waals surface area (Å²) in [5.74, 6) is 1.51. The van der Waals surface area contributed by atoms with Gasteiger partial charge in [0.15, 0.2) is 6.17 Å². The number of aromatic nitrogens is 1. The number of hydrogen-bond donors (Lipinski definition) is 1. The summed E-state index contributed by atoms with van der Waals surface area (Å²) in [6, 6.07) is 58.3. The molecule has 10 rings (SSSR count). The van der Waals surface area contributed by atoms with Gasteiger partial charge >= 0.3 is 0 Å². The number of hydrogen-bond acceptors (Lipinski definition) is 3. The zero-order chi connectivity index (χ0) is 36.9. The van der Waals surface area contributed by atoms with E-state index < -0.39 is 11.6 Å². The van der Waals surface area contributed by atoms with Gasteiger partial charge in [-0.15, -0.1) is 0 Å². The summed E-state index contributed by atoms with van der Waals surface area (Å²) in [6.45, 7) is 6.88. The lowest BCUT2D eigenvalue weighted by molar-refractivity contribution is 0.745. The Bertz CT molecular complexity index is 2910. The summed E-state index contributed by atoms with van der Waals surface area (Å²) in [5.41, 5.74) is 10.6. The summed E-state index contributed by atoms with van der Waals surface area (Å²) in [7, 11) is 0. The molecule has 0 radical (unpaired) electrons. The Hall–Kier alpha value is -7.04. The topological polar surface area (TPSA) is 41.7 Å². The predicted octanol–water partition coefficient (Wildman–Crippen LogP) is 11.9. The minimum atomic E-state index is -0.631. The molecule has 2 atom stereocenters. The van der Waals surface area contributed by atoms with E-state index in [0.29, 0.717) is 0 Å². The average molecular weight is 707 g/mol. The van der Waals surface area contributed by atoms with E-state index in [1.54, 1.807) is 0 Å². The molecule has 262 valence electrons. The largest absolute Gasteiger partial charge is 0.310 e. The zero-order valence-corrected chi connectivity index (χ0v) is 30.5. The minimum Gasteiger partial charge on any atom is -0.310 e. The molecule has 2 heterocycles. The molecule has 4 heteroatoms. The van der Waals surface area contributed by atoms with Crippen molar-refractivity contribution in [2.75, 3.05) is 0 Å². The fraction of sp³-hybridized carbons (Fsp3) is 0.0588. The van der Waals surface area contributed by atoms with Crippen molar-refractivity contribution < 1.29 is 0 Å². The number of nitrogens with zero attached hydrogens (tertiary/aromatic N) is 3. The number of benzene rings is 7. The SMILES string of the molecule is C=C(/C=C\C=C/C)C1(c2ccccc2)c2ccccc2-c2c1ccc1c3c4ccccc4ccc3n(C3=NC(c4ccccc4)N=C(c4ccccc4)N3)c21. The third-order valence-corrected chi connectivity index (χ3v) is 11.2. The van der Waals surface area contributed by atoms with E-state index in [9.17, 15) is 0 Å². The van der Waals surface area contributed by atoms with Gasteiger partial charge in [-0.2, -0.15) is 0 Å². The van der Waals surface area contributed by atoms with Crippen LogP contribution in [0.25, 0.3) is 43.7 Å². The number of nitrogens with one attached hydrogen (secondary N) is 1. The van der Waals surface area contributed by atoms with E-state index in [-0.39, 0.29) is 0 Å². The number of rotatable bonds is 6. The molecule has 7 aromatic carbocycles. The van der Waals surface area contributed by atoms with Gasteiger partial charge in [0.2, 0.25) is 5.96 Å². The number of fused-ring (bicyclic) bond motifs is 9. The lowest BCUT2D eigenvalue weighted by Crippen LogP contribution is -2.39. The Morgan fingerprint density at radius 2 is 1.38 bits per heavy atom. The molecule has 0 bridgehead atoms. The van der Waals surface area contributed by atoms with Crippen LogP contribution in [-0.2, 0) is 5.41 Å². The molecule has 8 aromatic rings. The van der Waals surface area contributed by atoms with Gasteiger partial charge in [0.25, 0.3) is 0 Å². The first-order valence-corrected chi connectivity index (χ1v) is 18.9. The molecule has 1 aliphatic carbocycles. The maximum Gasteiger partial charge on any atom is 0.211 e. The van der Waals surface area contributed by atoms with Crippen LogP contribution in [0.1, 0.15) is 40.9 Å². The Kier molecular flexibility index (Phi) is 7.77. The van der Waals surface area contributed by atoms with Crippen molar-refractivity contribution in [3.05, 3.63) is 228 Å². The summed E-state index contributed by atoms with van der Waals surface area (Å²) < 4.78 is 2.36. The Balaban J connectivity index is 1.35. The minimum absolute atomic E-state index is 0.440. The molecule has 4 nitrogen and oxygen atoms in total. The Labute approximate surface area is 320 Å². The first-order valence-electron chi connectivity index (χ1n) is 18.9. The first-order chi connectivity index (χ1) is 27.2. The van der Waals surface area contributed by atoms with Crippen LogP contribution < -0.4 is 5.32 Å². The van der Waals surface area contributed by atoms with Gasteiger partial charge in [0.1, 0.15) is 5.84 Å². The van der Waals surface area contributed by atoms with Crippen LogP contribution in [0, 0.1) is 0 Å². The van der Waals surface area contributed by atoms with Crippen LogP contribution in [0.2, 0.25) is 0 Å². The molecule has 2 aliphatic rings. The van der Waals surface area contributed by atoms with E-state index in [4.69, 9.17) is 16.6 Å². The number of amidine groups is 1. The van der Waals surface area contributed by atoms with Crippen LogP contribution in [-0.4, -0.2) is 16.4 Å². The highest BCUT2D eigenvalue weighted by Gasteiger charge is 2.47. The lowest BCUT2D eigenvalue weighted by Gasteiger charge is -2.34. The van der Waals surface area contributed by atoms with Crippen molar-refractivity contribution in [3.8, 4) is 11.1 Å². The number of allylic oxidation sites excluding steroid dienone is 5. The average Bonchev–Trinajstić information content (AvgIpc) is 3.76. The van der Waals surface area contributed by atoms with E-state index in [1.807, 2.05) is 19.1 Å². The standard InChI is InChI=1S/C51H38N4/c1-3-4-8-19-34(2)51(38-25-13-7-14-26-38)42-29-18-17-28-40(42)46-43(51)32-31-41-45-39-27-16-15-20-35(39)30-33-44(45)55(47(41)46)50-53-48(36-21-9-5-10-22-36)52-49(54-50)37-23-11-6-12-24-37/h3-33,48H,2H2,1H3,(H,52,53,54)/b4-3-,19-8-. The van der Waals surface area contributed by atoms with Crippen molar-refractivity contribution in [1.29, 1.82) is 0 Å². The van der Waals surface area contributed by atoms with Gasteiger partial charge in [0, 0.05) is 21.9 Å². The van der Waals surface area contributed by atoms with E-state index in [2.05, 4.69) is 186 Å². The molecule has 0 spiro atoms. The fourth-order valence-corrected chi connectivity index (χ4v) is 8.86. The molecule has 0 amide bonds. The Morgan fingerprint density at radius 1 is 0.673 bits per heavy atom. The van der Waals surface area contributed by atoms with E-state index in [1.165, 1.54) is 49.4 Å². The smallest absolute Gasteiger partial charge is 0.211 e. The van der Waals surface area contributed by atoms with Crippen LogP contribution >= 0.6 is 0 Å². The molecular weight excluding hydrogens is 669 g/mol. The van der Waals surface area contributed by atoms with Crippen molar-refractivity contribution in [2.24, 2.45) is 9.98 Å². The highest BCUT2D eigenvalue weighted by atomic mass is 15.3. The molecule has 1 aliphatic heterocycles. The molecule has 2 unspecified atom stereocenters. The monoisotopic (exact) mass is 706 g/mol. The van der Waals surface area contributed by atoms with Gasteiger partial charge in [-0.1, -0.05) is 189 Å². The molecule has 55 heavy (non-hydrogen) atoms. The van der Waals surface area contributed by atoms with Gasteiger partial charge in [-0.3, -0.25) is 4.57 Å². The highest BCUT2D eigenvalue weighted by Crippen LogP contribution is 2.58. The molecule has 0 fully saturated rings. The fourth-order valence-electron chi connectivity index (χ4n) is 8.86. The maximum atomic E-state index is 5.46. The summed E-state index contributed by atoms with van der Waals surface area (Å²) in [6.07, 6.45) is 7.95. The molecule has 0 saturated heterocycles. The third kappa shape index (κ3) is 4.99. The van der Waals surface area contributed by atoms with Gasteiger partial charge in [-0.25, -0.2) is 9.98 Å². The second kappa shape index (κ2) is 13.1. The lowest BCUT2D eigenvalue weighted by atomic mass is 9.67. The van der Waals surface area contributed by atoms with Crippen LogP contribution in [0.15, 0.2) is 210 Å². The quantitative estimate of drug-likeness (QED) is 0.172. The maximum absolute atomic E-state index is 5.46. The van der Waals surface area contributed by atoms with Crippen LogP contribution in [0.4, 0.5) is 0 Å². The zero-order valence-electron chi connectivity index (χ0n) is 30.5. The normalized spacial score (nSPS) is 17.7. The first kappa shape index (κ1) is 32.6. The summed E-state index contributed by atoms with van der Waals surface area (Å²) >= 11 is 0. The second-order valence-corrected chi connectivity index (χ2v) is 14.2. The van der Waals surface area contributed by atoms with Gasteiger partial charge < -0.3 is 5.32 Å². The van der Waals surface area contributed by atoms with Crippen LogP contribution in [0.3, 0.4) is 0 Å². The van der Waals surface area contributed by atoms with Crippen molar-refractivity contribution in [2.45, 2.75) is 18.5 Å². The number of aliphatic imine (C=N–C) groups is 2. The Morgan fingerprint density at radius 3 is 2.18 bits per heavy atom. The van der Waals surface area contributed by atoms with Crippen molar-refractivity contribution >= 4 is 44.4 Å². The van der Waals surface area contributed by atoms with Crippen LogP contribution in [0.5, 0.6) is 0 Å². The molecule has 0 saturated carbocycles. The highest BCUT2D eigenvalue weighted by molar-refractivity contribution is 6.27. The predicted molar refractivity (Wildman–Crippen MR) is 230 cm³/mol. The molecule has 1 aromatic heterocycles. The second-order valence-electron chi connectivity index (χ2n) is 14.2. The van der Waals surface area contributed by atoms with E-state index >= 15 is 0 Å². The van der Waals surface area contributed by atoms with Gasteiger partial charge in [0.05, 0.1) is 16.4 Å². The van der Waals surface area contributed by atoms with Crippen molar-refractivity contribution in [1.82, 2.24) is 9.88 Å². The summed E-state index contributed by atoms with van der Waals surface area (Å²) in [5, 5.41) is 8.52. The summed E-state index contributed by atoms with van der Waals surface area (Å²) in [4.78, 5) is 10.7. The van der Waals surface area contributed by atoms with E-state index in [0.717, 1.165) is 39.5 Å². The molecule has 1 N–H and O–H groups in total.